The second-order valence-corrected chi connectivity index (χ2v) is 7.27. The van der Waals surface area contributed by atoms with E-state index in [1.807, 2.05) is 28.9 Å². The van der Waals surface area contributed by atoms with E-state index in [0.717, 1.165) is 16.7 Å². The summed E-state index contributed by atoms with van der Waals surface area (Å²) >= 11 is 0. The molecule has 7 heteroatoms. The van der Waals surface area contributed by atoms with E-state index in [-0.39, 0.29) is 17.9 Å². The molecule has 0 spiro atoms. The van der Waals surface area contributed by atoms with Crippen LogP contribution in [0.25, 0.3) is 0 Å². The number of benzene rings is 1. The predicted molar refractivity (Wildman–Crippen MR) is 102 cm³/mol. The standard InChI is InChI=1S/C21H24FN3O3/c1-15-2-5-20(23-12-15)28-14-19-11-17-10-18(22)4-3-16(17)13-25(19)21(26)24-6-8-27-9-7-24/h2-5,10,12,19H,6-9,11,13-14H2,1H3/t19-/m0/s1. The number of ether oxygens (including phenoxy) is 2. The van der Waals surface area contributed by atoms with Crippen molar-refractivity contribution in [2.45, 2.75) is 25.9 Å². The van der Waals surface area contributed by atoms with Crippen LogP contribution in [0.15, 0.2) is 36.5 Å². The Labute approximate surface area is 163 Å². The molecule has 2 aromatic rings. The zero-order valence-electron chi connectivity index (χ0n) is 15.9. The Bertz CT molecular complexity index is 837. The Kier molecular flexibility index (Phi) is 5.43. The van der Waals surface area contributed by atoms with Crippen LogP contribution < -0.4 is 4.74 Å². The summed E-state index contributed by atoms with van der Waals surface area (Å²) in [5, 5.41) is 0. The maximum atomic E-state index is 13.7. The highest BCUT2D eigenvalue weighted by molar-refractivity contribution is 5.75. The van der Waals surface area contributed by atoms with E-state index in [4.69, 9.17) is 9.47 Å². The van der Waals surface area contributed by atoms with Crippen molar-refractivity contribution in [2.75, 3.05) is 32.9 Å². The summed E-state index contributed by atoms with van der Waals surface area (Å²) in [6.45, 7) is 4.98. The van der Waals surface area contributed by atoms with Gasteiger partial charge < -0.3 is 19.3 Å². The molecular formula is C21H24FN3O3. The molecule has 0 unspecified atom stereocenters. The highest BCUT2D eigenvalue weighted by Crippen LogP contribution is 2.26. The average Bonchev–Trinajstić information content (AvgIpc) is 2.73. The summed E-state index contributed by atoms with van der Waals surface area (Å²) in [6.07, 6.45) is 2.30. The smallest absolute Gasteiger partial charge is 0.320 e. The molecule has 148 valence electrons. The van der Waals surface area contributed by atoms with E-state index >= 15 is 0 Å². The van der Waals surface area contributed by atoms with Gasteiger partial charge in [-0.1, -0.05) is 12.1 Å². The van der Waals surface area contributed by atoms with Crippen molar-refractivity contribution < 1.29 is 18.7 Å². The van der Waals surface area contributed by atoms with Gasteiger partial charge in [0.05, 0.1) is 19.3 Å². The van der Waals surface area contributed by atoms with Crippen LogP contribution in [0.3, 0.4) is 0 Å². The third-order valence-electron chi connectivity index (χ3n) is 5.24. The van der Waals surface area contributed by atoms with Gasteiger partial charge in [0, 0.05) is 31.9 Å². The molecule has 1 aromatic carbocycles. The number of halogens is 1. The highest BCUT2D eigenvalue weighted by atomic mass is 19.1. The molecule has 2 amide bonds. The van der Waals surface area contributed by atoms with E-state index in [9.17, 15) is 9.18 Å². The van der Waals surface area contributed by atoms with E-state index in [1.54, 1.807) is 18.3 Å². The van der Waals surface area contributed by atoms with E-state index in [2.05, 4.69) is 4.98 Å². The number of fused-ring (bicyclic) bond motifs is 1. The first-order chi connectivity index (χ1) is 13.6. The highest BCUT2D eigenvalue weighted by Gasteiger charge is 2.33. The quantitative estimate of drug-likeness (QED) is 0.815. The van der Waals surface area contributed by atoms with Crippen molar-refractivity contribution in [3.05, 3.63) is 59.0 Å². The van der Waals surface area contributed by atoms with E-state index in [0.29, 0.717) is 51.8 Å². The number of hydrogen-bond donors (Lipinski definition) is 0. The molecule has 0 saturated carbocycles. The molecule has 0 N–H and O–H groups in total. The number of pyridine rings is 1. The summed E-state index contributed by atoms with van der Waals surface area (Å²) in [6, 6.07) is 8.32. The Balaban J connectivity index is 1.53. The molecule has 1 saturated heterocycles. The first-order valence-electron chi connectivity index (χ1n) is 9.56. The summed E-state index contributed by atoms with van der Waals surface area (Å²) in [5.41, 5.74) is 2.96. The van der Waals surface area contributed by atoms with Gasteiger partial charge in [-0.15, -0.1) is 0 Å². The zero-order valence-corrected chi connectivity index (χ0v) is 15.9. The van der Waals surface area contributed by atoms with Gasteiger partial charge in [-0.25, -0.2) is 14.2 Å². The number of carbonyl (C=O) groups excluding carboxylic acids is 1. The maximum absolute atomic E-state index is 13.7. The predicted octanol–water partition coefficient (Wildman–Crippen LogP) is 2.79. The van der Waals surface area contributed by atoms with Gasteiger partial charge in [-0.3, -0.25) is 0 Å². The van der Waals surface area contributed by atoms with Crippen LogP contribution in [0.1, 0.15) is 16.7 Å². The van der Waals surface area contributed by atoms with Gasteiger partial charge in [-0.05, 0) is 42.2 Å². The number of carbonyl (C=O) groups is 1. The molecular weight excluding hydrogens is 361 g/mol. The molecule has 1 aromatic heterocycles. The molecule has 2 aliphatic heterocycles. The minimum absolute atomic E-state index is 0.0243. The fraction of sp³-hybridized carbons (Fsp3) is 0.429. The van der Waals surface area contributed by atoms with Gasteiger partial charge in [-0.2, -0.15) is 0 Å². The minimum Gasteiger partial charge on any atom is -0.475 e. The van der Waals surface area contributed by atoms with E-state index in [1.165, 1.54) is 6.07 Å². The number of rotatable bonds is 3. The Morgan fingerprint density at radius 1 is 1.25 bits per heavy atom. The lowest BCUT2D eigenvalue weighted by Gasteiger charge is -2.40. The lowest BCUT2D eigenvalue weighted by atomic mass is 9.94. The SMILES string of the molecule is Cc1ccc(OC[C@@H]2Cc3cc(F)ccc3CN2C(=O)N2CCOCC2)nc1. The second kappa shape index (κ2) is 8.14. The fourth-order valence-electron chi connectivity index (χ4n) is 3.65. The molecule has 2 aliphatic rings. The number of aryl methyl sites for hydroxylation is 1. The number of nitrogens with zero attached hydrogens (tertiary/aromatic N) is 3. The third-order valence-corrected chi connectivity index (χ3v) is 5.24. The molecule has 0 radical (unpaired) electrons. The van der Waals surface area contributed by atoms with Crippen LogP contribution in [0.2, 0.25) is 0 Å². The van der Waals surface area contributed by atoms with Gasteiger partial charge in [0.1, 0.15) is 12.4 Å². The number of hydrogen-bond acceptors (Lipinski definition) is 4. The summed E-state index contributed by atoms with van der Waals surface area (Å²) in [4.78, 5) is 21.1. The molecule has 1 atom stereocenters. The Hall–Kier alpha value is -2.67. The molecule has 3 heterocycles. The van der Waals surface area contributed by atoms with Crippen molar-refractivity contribution >= 4 is 6.03 Å². The minimum atomic E-state index is -0.258. The van der Waals surface area contributed by atoms with Crippen LogP contribution in [-0.4, -0.2) is 59.8 Å². The third kappa shape index (κ3) is 4.09. The van der Waals surface area contributed by atoms with Crippen LogP contribution in [0, 0.1) is 12.7 Å². The average molecular weight is 385 g/mol. The summed E-state index contributed by atoms with van der Waals surface area (Å²) in [7, 11) is 0. The first-order valence-corrected chi connectivity index (χ1v) is 9.56. The number of amides is 2. The molecule has 0 bridgehead atoms. The summed E-state index contributed by atoms with van der Waals surface area (Å²) < 4.78 is 24.9. The second-order valence-electron chi connectivity index (χ2n) is 7.27. The van der Waals surface area contributed by atoms with Crippen molar-refractivity contribution in [2.24, 2.45) is 0 Å². The normalized spacial score (nSPS) is 19.3. The van der Waals surface area contributed by atoms with Crippen molar-refractivity contribution in [1.82, 2.24) is 14.8 Å². The molecule has 1 fully saturated rings. The molecule has 6 nitrogen and oxygen atoms in total. The molecule has 0 aliphatic carbocycles. The van der Waals surface area contributed by atoms with Gasteiger partial charge in [0.25, 0.3) is 0 Å². The summed E-state index contributed by atoms with van der Waals surface area (Å²) in [5.74, 6) is 0.265. The Morgan fingerprint density at radius 3 is 2.82 bits per heavy atom. The van der Waals surface area contributed by atoms with Crippen LogP contribution in [-0.2, 0) is 17.7 Å². The first kappa shape index (κ1) is 18.7. The number of aromatic nitrogens is 1. The lowest BCUT2D eigenvalue weighted by molar-refractivity contribution is 0.0330. The van der Waals surface area contributed by atoms with Crippen LogP contribution in [0.4, 0.5) is 9.18 Å². The monoisotopic (exact) mass is 385 g/mol. The molecule has 4 rings (SSSR count). The van der Waals surface area contributed by atoms with Crippen molar-refractivity contribution in [3.63, 3.8) is 0 Å². The Morgan fingerprint density at radius 2 is 2.07 bits per heavy atom. The van der Waals surface area contributed by atoms with Gasteiger partial charge in [0.15, 0.2) is 0 Å². The topological polar surface area (TPSA) is 54.9 Å². The maximum Gasteiger partial charge on any atom is 0.320 e. The van der Waals surface area contributed by atoms with Gasteiger partial charge in [0.2, 0.25) is 5.88 Å². The number of urea groups is 1. The number of morpholine rings is 1. The van der Waals surface area contributed by atoms with E-state index < -0.39 is 0 Å². The van der Waals surface area contributed by atoms with Crippen molar-refractivity contribution in [1.29, 1.82) is 0 Å². The van der Waals surface area contributed by atoms with Crippen LogP contribution in [0.5, 0.6) is 5.88 Å². The van der Waals surface area contributed by atoms with Crippen LogP contribution >= 0.6 is 0 Å². The largest absolute Gasteiger partial charge is 0.475 e. The lowest BCUT2D eigenvalue weighted by Crippen LogP contribution is -2.54. The fourth-order valence-corrected chi connectivity index (χ4v) is 3.65. The zero-order chi connectivity index (χ0) is 19.5. The van der Waals surface area contributed by atoms with Gasteiger partial charge >= 0.3 is 6.03 Å². The molecule has 28 heavy (non-hydrogen) atoms. The van der Waals surface area contributed by atoms with Crippen molar-refractivity contribution in [3.8, 4) is 5.88 Å².